The molecule has 0 aromatic heterocycles. The molecule has 1 aromatic carbocycles. The molecule has 3 nitrogen and oxygen atoms in total. The van der Waals surface area contributed by atoms with Crippen molar-refractivity contribution in [3.05, 3.63) is 22.7 Å². The highest BCUT2D eigenvalue weighted by Gasteiger charge is 2.15. The molecule has 1 aromatic rings. The second-order valence-corrected chi connectivity index (χ2v) is 7.23. The van der Waals surface area contributed by atoms with Crippen molar-refractivity contribution in [2.75, 3.05) is 13.7 Å². The summed E-state index contributed by atoms with van der Waals surface area (Å²) in [7, 11) is 1.64. The second-order valence-electron chi connectivity index (χ2n) is 6.79. The van der Waals surface area contributed by atoms with Crippen molar-refractivity contribution in [2.45, 2.75) is 53.6 Å². The molecule has 0 heterocycles. The van der Waals surface area contributed by atoms with Gasteiger partial charge in [-0.15, -0.1) is 0 Å². The normalized spacial score (nSPS) is 11.8. The number of nitrogens with one attached hydrogen (secondary N) is 1. The van der Waals surface area contributed by atoms with E-state index >= 15 is 0 Å². The molecular formula is C17H28ClNO2. The number of rotatable bonds is 7. The van der Waals surface area contributed by atoms with Crippen LogP contribution in [0.4, 0.5) is 0 Å². The van der Waals surface area contributed by atoms with Crippen LogP contribution in [0.2, 0.25) is 5.02 Å². The Kier molecular flexibility index (Phi) is 6.82. The van der Waals surface area contributed by atoms with E-state index in [-0.39, 0.29) is 5.41 Å². The highest BCUT2D eigenvalue weighted by Crippen LogP contribution is 2.35. The maximum absolute atomic E-state index is 6.16. The zero-order valence-electron chi connectivity index (χ0n) is 14.0. The van der Waals surface area contributed by atoms with Crippen LogP contribution in [0, 0.1) is 5.41 Å². The van der Waals surface area contributed by atoms with Gasteiger partial charge in [0.15, 0.2) is 11.5 Å². The van der Waals surface area contributed by atoms with Gasteiger partial charge in [-0.1, -0.05) is 46.2 Å². The van der Waals surface area contributed by atoms with Gasteiger partial charge in [-0.3, -0.25) is 0 Å². The summed E-state index contributed by atoms with van der Waals surface area (Å²) in [5, 5.41) is 4.06. The Hall–Kier alpha value is -0.930. The molecule has 0 unspecified atom stereocenters. The van der Waals surface area contributed by atoms with Gasteiger partial charge in [0, 0.05) is 29.2 Å². The number of benzene rings is 1. The number of methoxy groups -OCH3 is 1. The largest absolute Gasteiger partial charge is 0.493 e. The first-order chi connectivity index (χ1) is 9.73. The van der Waals surface area contributed by atoms with E-state index in [0.717, 1.165) is 17.7 Å². The molecule has 0 atom stereocenters. The lowest BCUT2D eigenvalue weighted by Gasteiger charge is -2.21. The van der Waals surface area contributed by atoms with E-state index in [4.69, 9.17) is 21.1 Å². The predicted molar refractivity (Wildman–Crippen MR) is 89.5 cm³/mol. The Bertz CT molecular complexity index is 453. The summed E-state index contributed by atoms with van der Waals surface area (Å²) in [6.45, 7) is 12.2. The molecule has 0 aliphatic heterocycles. The fourth-order valence-corrected chi connectivity index (χ4v) is 2.07. The van der Waals surface area contributed by atoms with Gasteiger partial charge < -0.3 is 14.8 Å². The van der Waals surface area contributed by atoms with Gasteiger partial charge in [0.1, 0.15) is 0 Å². The number of hydrogen-bond acceptors (Lipinski definition) is 3. The van der Waals surface area contributed by atoms with Crippen LogP contribution in [-0.2, 0) is 6.54 Å². The van der Waals surface area contributed by atoms with E-state index in [0.29, 0.717) is 30.0 Å². The van der Waals surface area contributed by atoms with Crippen LogP contribution in [0.25, 0.3) is 0 Å². The van der Waals surface area contributed by atoms with Gasteiger partial charge in [0.25, 0.3) is 0 Å². The lowest BCUT2D eigenvalue weighted by Crippen LogP contribution is -2.22. The van der Waals surface area contributed by atoms with E-state index < -0.39 is 0 Å². The highest BCUT2D eigenvalue weighted by molar-refractivity contribution is 6.30. The maximum atomic E-state index is 6.16. The summed E-state index contributed by atoms with van der Waals surface area (Å²) < 4.78 is 11.4. The Balaban J connectivity index is 2.91. The fourth-order valence-electron chi connectivity index (χ4n) is 1.84. The number of ether oxygens (including phenoxy) is 2. The molecule has 0 aliphatic rings. The molecule has 0 fully saturated rings. The first kappa shape index (κ1) is 18.1. The first-order valence-electron chi connectivity index (χ1n) is 7.45. The molecule has 0 aliphatic carbocycles. The molecule has 1 N–H and O–H groups in total. The summed E-state index contributed by atoms with van der Waals surface area (Å²) >= 11 is 6.16. The van der Waals surface area contributed by atoms with Crippen LogP contribution in [0.5, 0.6) is 11.5 Å². The van der Waals surface area contributed by atoms with Crippen molar-refractivity contribution in [1.82, 2.24) is 5.32 Å². The lowest BCUT2D eigenvalue weighted by molar-refractivity contribution is 0.232. The minimum atomic E-state index is 0.246. The molecule has 0 radical (unpaired) electrons. The van der Waals surface area contributed by atoms with Crippen molar-refractivity contribution >= 4 is 11.6 Å². The molecule has 0 amide bonds. The third kappa shape index (κ3) is 6.58. The van der Waals surface area contributed by atoms with Crippen molar-refractivity contribution in [1.29, 1.82) is 0 Å². The Morgan fingerprint density at radius 3 is 2.43 bits per heavy atom. The molecule has 4 heteroatoms. The van der Waals surface area contributed by atoms with Gasteiger partial charge in [0.2, 0.25) is 0 Å². The second kappa shape index (κ2) is 7.90. The standard InChI is InChI=1S/C17H28ClNO2/c1-12(2)19-11-13-9-14(18)10-15(20-6)16(13)21-8-7-17(3,4)5/h9-10,12,19H,7-8,11H2,1-6H3. The van der Waals surface area contributed by atoms with E-state index in [1.807, 2.05) is 6.07 Å². The Morgan fingerprint density at radius 2 is 1.90 bits per heavy atom. The van der Waals surface area contributed by atoms with Crippen LogP contribution in [-0.4, -0.2) is 19.8 Å². The van der Waals surface area contributed by atoms with Crippen molar-refractivity contribution in [2.24, 2.45) is 5.41 Å². The monoisotopic (exact) mass is 313 g/mol. The average molecular weight is 314 g/mol. The van der Waals surface area contributed by atoms with Crippen LogP contribution in [0.3, 0.4) is 0 Å². The smallest absolute Gasteiger partial charge is 0.165 e. The topological polar surface area (TPSA) is 30.5 Å². The summed E-state index contributed by atoms with van der Waals surface area (Å²) in [6.07, 6.45) is 0.982. The van der Waals surface area contributed by atoms with E-state index in [1.54, 1.807) is 13.2 Å². The molecule has 1 rings (SSSR count). The Morgan fingerprint density at radius 1 is 1.24 bits per heavy atom. The quantitative estimate of drug-likeness (QED) is 0.794. The molecule has 21 heavy (non-hydrogen) atoms. The van der Waals surface area contributed by atoms with Gasteiger partial charge in [-0.25, -0.2) is 0 Å². The van der Waals surface area contributed by atoms with Crippen molar-refractivity contribution in [3.63, 3.8) is 0 Å². The number of hydrogen-bond donors (Lipinski definition) is 1. The minimum Gasteiger partial charge on any atom is -0.493 e. The first-order valence-corrected chi connectivity index (χ1v) is 7.83. The molecule has 120 valence electrons. The molecule has 0 saturated heterocycles. The minimum absolute atomic E-state index is 0.246. The van der Waals surface area contributed by atoms with Gasteiger partial charge in [-0.05, 0) is 17.9 Å². The fraction of sp³-hybridized carbons (Fsp3) is 0.647. The zero-order chi connectivity index (χ0) is 16.0. The lowest BCUT2D eigenvalue weighted by atomic mass is 9.93. The molecule has 0 saturated carbocycles. The average Bonchev–Trinajstić information content (AvgIpc) is 2.36. The number of halogens is 1. The predicted octanol–water partition coefficient (Wildman–Crippen LogP) is 4.66. The van der Waals surface area contributed by atoms with Crippen molar-refractivity contribution < 1.29 is 9.47 Å². The highest BCUT2D eigenvalue weighted by atomic mass is 35.5. The zero-order valence-corrected chi connectivity index (χ0v) is 14.8. The summed E-state index contributed by atoms with van der Waals surface area (Å²) in [6, 6.07) is 4.14. The molecule has 0 bridgehead atoms. The summed E-state index contributed by atoms with van der Waals surface area (Å²) in [5.74, 6) is 1.48. The van der Waals surface area contributed by atoms with Crippen LogP contribution in [0.15, 0.2) is 12.1 Å². The van der Waals surface area contributed by atoms with Crippen LogP contribution in [0.1, 0.15) is 46.6 Å². The van der Waals surface area contributed by atoms with Crippen LogP contribution >= 0.6 is 11.6 Å². The summed E-state index contributed by atoms with van der Waals surface area (Å²) in [5.41, 5.74) is 1.28. The summed E-state index contributed by atoms with van der Waals surface area (Å²) in [4.78, 5) is 0. The molecular weight excluding hydrogens is 286 g/mol. The van der Waals surface area contributed by atoms with E-state index in [1.165, 1.54) is 0 Å². The van der Waals surface area contributed by atoms with Gasteiger partial charge in [0.05, 0.1) is 13.7 Å². The SMILES string of the molecule is COc1cc(Cl)cc(CNC(C)C)c1OCCC(C)(C)C. The van der Waals surface area contributed by atoms with Gasteiger partial charge >= 0.3 is 0 Å². The van der Waals surface area contributed by atoms with Crippen molar-refractivity contribution in [3.8, 4) is 11.5 Å². The Labute approximate surface area is 134 Å². The van der Waals surface area contributed by atoms with Gasteiger partial charge in [-0.2, -0.15) is 0 Å². The van der Waals surface area contributed by atoms with E-state index in [9.17, 15) is 0 Å². The third-order valence-corrected chi connectivity index (χ3v) is 3.33. The maximum Gasteiger partial charge on any atom is 0.165 e. The van der Waals surface area contributed by atoms with Crippen LogP contribution < -0.4 is 14.8 Å². The third-order valence-electron chi connectivity index (χ3n) is 3.12. The van der Waals surface area contributed by atoms with E-state index in [2.05, 4.69) is 39.9 Å². The molecule has 0 spiro atoms.